The van der Waals surface area contributed by atoms with Gasteiger partial charge in [0.15, 0.2) is 0 Å². The van der Waals surface area contributed by atoms with Gasteiger partial charge >= 0.3 is 0 Å². The molecule has 0 aliphatic carbocycles. The number of para-hydroxylation sites is 1. The van der Waals surface area contributed by atoms with Gasteiger partial charge < -0.3 is 19.9 Å². The van der Waals surface area contributed by atoms with Crippen LogP contribution >= 0.6 is 0 Å². The Kier molecular flexibility index (Phi) is 5.48. The predicted molar refractivity (Wildman–Crippen MR) is 108 cm³/mol. The van der Waals surface area contributed by atoms with Crippen molar-refractivity contribution in [2.45, 2.75) is 44.6 Å². The molecule has 0 bridgehead atoms. The molecule has 3 aliphatic heterocycles. The van der Waals surface area contributed by atoms with Crippen LogP contribution in [0.1, 0.15) is 49.4 Å². The minimum absolute atomic E-state index is 0.0203. The molecule has 1 atom stereocenters. The van der Waals surface area contributed by atoms with E-state index in [4.69, 9.17) is 4.74 Å². The molecule has 3 amide bonds. The van der Waals surface area contributed by atoms with Crippen molar-refractivity contribution in [1.82, 2.24) is 15.1 Å². The van der Waals surface area contributed by atoms with Crippen LogP contribution in [0.25, 0.3) is 0 Å². The standard InChI is InChI=1S/C22H29N3O4/c1-16-7-11-24(12-8-16)20(27)14-25-13-10-22(9-6-19(25)26)15-23-21(28)17-4-2-3-5-18(17)29-22/h2-5,16H,6-15H2,1H3,(H,23,28). The molecule has 3 aliphatic rings. The molecule has 4 rings (SSSR count). The summed E-state index contributed by atoms with van der Waals surface area (Å²) in [5, 5.41) is 2.95. The number of fused-ring (bicyclic) bond motifs is 1. The van der Waals surface area contributed by atoms with Crippen LogP contribution in [0.3, 0.4) is 0 Å². The minimum Gasteiger partial charge on any atom is -0.485 e. The highest BCUT2D eigenvalue weighted by molar-refractivity contribution is 5.97. The normalized spacial score (nSPS) is 25.7. The van der Waals surface area contributed by atoms with Crippen molar-refractivity contribution in [3.63, 3.8) is 0 Å². The van der Waals surface area contributed by atoms with Crippen LogP contribution in [-0.2, 0) is 9.59 Å². The first-order valence-corrected chi connectivity index (χ1v) is 10.6. The van der Waals surface area contributed by atoms with Gasteiger partial charge in [-0.25, -0.2) is 0 Å². The molecule has 2 saturated heterocycles. The molecule has 1 unspecified atom stereocenters. The molecule has 7 heteroatoms. The van der Waals surface area contributed by atoms with E-state index in [0.717, 1.165) is 25.9 Å². The first-order valence-electron chi connectivity index (χ1n) is 10.6. The molecular formula is C22H29N3O4. The number of carbonyl (C=O) groups is 3. The van der Waals surface area contributed by atoms with E-state index in [1.54, 1.807) is 17.0 Å². The Morgan fingerprint density at radius 3 is 2.72 bits per heavy atom. The zero-order valence-electron chi connectivity index (χ0n) is 17.0. The van der Waals surface area contributed by atoms with Gasteiger partial charge in [0.1, 0.15) is 11.4 Å². The fraction of sp³-hybridized carbons (Fsp3) is 0.591. The van der Waals surface area contributed by atoms with Crippen LogP contribution in [0.4, 0.5) is 0 Å². The minimum atomic E-state index is -0.629. The van der Waals surface area contributed by atoms with Gasteiger partial charge in [-0.1, -0.05) is 19.1 Å². The van der Waals surface area contributed by atoms with Crippen LogP contribution in [-0.4, -0.2) is 65.8 Å². The summed E-state index contributed by atoms with van der Waals surface area (Å²) >= 11 is 0. The van der Waals surface area contributed by atoms with E-state index in [1.807, 2.05) is 17.0 Å². The number of amides is 3. The van der Waals surface area contributed by atoms with E-state index in [1.165, 1.54) is 0 Å². The van der Waals surface area contributed by atoms with Gasteiger partial charge in [0, 0.05) is 32.5 Å². The number of likely N-dealkylation sites (tertiary alicyclic amines) is 2. The van der Waals surface area contributed by atoms with E-state index in [9.17, 15) is 14.4 Å². The van der Waals surface area contributed by atoms with Crippen LogP contribution < -0.4 is 10.1 Å². The summed E-state index contributed by atoms with van der Waals surface area (Å²) < 4.78 is 6.31. The van der Waals surface area contributed by atoms with E-state index in [0.29, 0.717) is 49.6 Å². The second-order valence-electron chi connectivity index (χ2n) is 8.59. The molecule has 2 fully saturated rings. The number of carbonyl (C=O) groups excluding carboxylic acids is 3. The summed E-state index contributed by atoms with van der Waals surface area (Å²) in [6.07, 6.45) is 3.46. The molecule has 29 heavy (non-hydrogen) atoms. The zero-order valence-corrected chi connectivity index (χ0v) is 17.0. The third-order valence-corrected chi connectivity index (χ3v) is 6.48. The molecule has 1 aromatic rings. The van der Waals surface area contributed by atoms with Gasteiger partial charge in [-0.15, -0.1) is 0 Å². The Morgan fingerprint density at radius 1 is 1.17 bits per heavy atom. The Balaban J connectivity index is 1.43. The van der Waals surface area contributed by atoms with E-state index < -0.39 is 5.60 Å². The van der Waals surface area contributed by atoms with Gasteiger partial charge in [-0.2, -0.15) is 0 Å². The fourth-order valence-electron chi connectivity index (χ4n) is 4.40. The maximum atomic E-state index is 12.7. The Labute approximate surface area is 171 Å². The van der Waals surface area contributed by atoms with Gasteiger partial charge in [-0.05, 0) is 37.3 Å². The Morgan fingerprint density at radius 2 is 1.93 bits per heavy atom. The molecule has 7 nitrogen and oxygen atoms in total. The third kappa shape index (κ3) is 4.23. The Hall–Kier alpha value is -2.57. The highest BCUT2D eigenvalue weighted by atomic mass is 16.5. The number of benzene rings is 1. The Bertz CT molecular complexity index is 803. The average Bonchev–Trinajstić information content (AvgIpc) is 2.96. The van der Waals surface area contributed by atoms with Crippen LogP contribution in [0.15, 0.2) is 24.3 Å². The second-order valence-corrected chi connectivity index (χ2v) is 8.59. The van der Waals surface area contributed by atoms with Crippen molar-refractivity contribution in [2.24, 2.45) is 5.92 Å². The van der Waals surface area contributed by atoms with Crippen molar-refractivity contribution in [2.75, 3.05) is 32.7 Å². The molecule has 1 N–H and O–H groups in total. The summed E-state index contributed by atoms with van der Waals surface area (Å²) in [5.74, 6) is 1.07. The van der Waals surface area contributed by atoms with Crippen molar-refractivity contribution in [1.29, 1.82) is 0 Å². The molecule has 0 aromatic heterocycles. The molecule has 1 aromatic carbocycles. The number of ether oxygens (including phenoxy) is 1. The second kappa shape index (κ2) is 8.05. The number of nitrogens with zero attached hydrogens (tertiary/aromatic N) is 2. The molecule has 0 radical (unpaired) electrons. The molecule has 156 valence electrons. The van der Waals surface area contributed by atoms with Gasteiger partial charge in [0.05, 0.1) is 18.7 Å². The molecule has 0 saturated carbocycles. The van der Waals surface area contributed by atoms with Crippen LogP contribution in [0.2, 0.25) is 0 Å². The smallest absolute Gasteiger partial charge is 0.255 e. The van der Waals surface area contributed by atoms with E-state index in [2.05, 4.69) is 12.2 Å². The van der Waals surface area contributed by atoms with Gasteiger partial charge in [0.2, 0.25) is 11.8 Å². The number of nitrogens with one attached hydrogen (secondary N) is 1. The number of rotatable bonds is 2. The van der Waals surface area contributed by atoms with Crippen LogP contribution in [0.5, 0.6) is 5.75 Å². The zero-order chi connectivity index (χ0) is 20.4. The fourth-order valence-corrected chi connectivity index (χ4v) is 4.40. The lowest BCUT2D eigenvalue weighted by Crippen LogP contribution is -2.47. The maximum absolute atomic E-state index is 12.7. The lowest BCUT2D eigenvalue weighted by Gasteiger charge is -2.33. The maximum Gasteiger partial charge on any atom is 0.255 e. The van der Waals surface area contributed by atoms with Gasteiger partial charge in [-0.3, -0.25) is 14.4 Å². The van der Waals surface area contributed by atoms with E-state index in [-0.39, 0.29) is 24.3 Å². The average molecular weight is 399 g/mol. The first-order chi connectivity index (χ1) is 14.0. The number of hydrogen-bond acceptors (Lipinski definition) is 4. The summed E-state index contributed by atoms with van der Waals surface area (Å²) in [6, 6.07) is 7.20. The van der Waals surface area contributed by atoms with Crippen molar-refractivity contribution >= 4 is 17.7 Å². The van der Waals surface area contributed by atoms with Crippen molar-refractivity contribution in [3.8, 4) is 5.75 Å². The molecule has 3 heterocycles. The summed E-state index contributed by atoms with van der Waals surface area (Å²) in [4.78, 5) is 41.3. The lowest BCUT2D eigenvalue weighted by atomic mass is 9.94. The van der Waals surface area contributed by atoms with Gasteiger partial charge in [0.25, 0.3) is 5.91 Å². The molecular weight excluding hydrogens is 370 g/mol. The third-order valence-electron chi connectivity index (χ3n) is 6.48. The quantitative estimate of drug-likeness (QED) is 0.823. The molecule has 1 spiro atoms. The summed E-state index contributed by atoms with van der Waals surface area (Å²) in [6.45, 7) is 4.71. The SMILES string of the molecule is CC1CCN(C(=O)CN2CCC3(CCC2=O)CNC(=O)c2ccccc2O3)CC1. The monoisotopic (exact) mass is 399 g/mol. The summed E-state index contributed by atoms with van der Waals surface area (Å²) in [5.41, 5.74) is -0.109. The topological polar surface area (TPSA) is 79.0 Å². The first kappa shape index (κ1) is 19.7. The van der Waals surface area contributed by atoms with Crippen molar-refractivity contribution < 1.29 is 19.1 Å². The summed E-state index contributed by atoms with van der Waals surface area (Å²) in [7, 11) is 0. The predicted octanol–water partition coefficient (Wildman–Crippen LogP) is 1.82. The highest BCUT2D eigenvalue weighted by Gasteiger charge is 2.40. The van der Waals surface area contributed by atoms with Crippen LogP contribution in [0, 0.1) is 5.92 Å². The number of hydrogen-bond donors (Lipinski definition) is 1. The largest absolute Gasteiger partial charge is 0.485 e. The van der Waals surface area contributed by atoms with E-state index >= 15 is 0 Å². The number of piperidine rings is 1. The lowest BCUT2D eigenvalue weighted by molar-refractivity contribution is -0.141. The highest BCUT2D eigenvalue weighted by Crippen LogP contribution is 2.33. The van der Waals surface area contributed by atoms with Crippen molar-refractivity contribution in [3.05, 3.63) is 29.8 Å².